The predicted molar refractivity (Wildman–Crippen MR) is 128 cm³/mol. The van der Waals surface area contributed by atoms with Crippen LogP contribution < -0.4 is 4.72 Å². The van der Waals surface area contributed by atoms with Crippen LogP contribution in [0.25, 0.3) is 11.1 Å². The zero-order valence-corrected chi connectivity index (χ0v) is 20.1. The first-order chi connectivity index (χ1) is 16.0. The van der Waals surface area contributed by atoms with E-state index in [2.05, 4.69) is 4.72 Å². The number of nitrogens with zero attached hydrogens (tertiary/aromatic N) is 1. The van der Waals surface area contributed by atoms with Crippen molar-refractivity contribution in [2.75, 3.05) is 7.05 Å². The van der Waals surface area contributed by atoms with Gasteiger partial charge in [-0.15, -0.1) is 0 Å². The molecule has 0 radical (unpaired) electrons. The van der Waals surface area contributed by atoms with Crippen LogP contribution in [0.1, 0.15) is 29.2 Å². The van der Waals surface area contributed by atoms with E-state index in [1.165, 1.54) is 31.3 Å². The van der Waals surface area contributed by atoms with Crippen molar-refractivity contribution in [2.24, 2.45) is 0 Å². The summed E-state index contributed by atoms with van der Waals surface area (Å²) in [6.07, 6.45) is 0.140. The molecular formula is C25H23ClF2N2O3S. The third-order valence-electron chi connectivity index (χ3n) is 6.08. The number of aryl methyl sites for hydroxylation is 1. The molecule has 1 heterocycles. The van der Waals surface area contributed by atoms with Gasteiger partial charge in [0.15, 0.2) is 5.78 Å². The number of ketones is 1. The van der Waals surface area contributed by atoms with Crippen LogP contribution in [-0.4, -0.2) is 31.6 Å². The van der Waals surface area contributed by atoms with Gasteiger partial charge in [-0.25, -0.2) is 8.78 Å². The third-order valence-corrected chi connectivity index (χ3v) is 7.97. The summed E-state index contributed by atoms with van der Waals surface area (Å²) in [5.74, 6) is -1.20. The van der Waals surface area contributed by atoms with E-state index < -0.39 is 28.1 Å². The van der Waals surface area contributed by atoms with Crippen LogP contribution in [0.15, 0.2) is 60.7 Å². The molecule has 1 saturated heterocycles. The summed E-state index contributed by atoms with van der Waals surface area (Å²) in [5.41, 5.74) is 3.32. The zero-order chi connectivity index (χ0) is 24.6. The van der Waals surface area contributed by atoms with Gasteiger partial charge in [-0.2, -0.15) is 17.4 Å². The highest BCUT2D eigenvalue weighted by atomic mass is 35.5. The van der Waals surface area contributed by atoms with E-state index in [0.29, 0.717) is 16.7 Å². The lowest BCUT2D eigenvalue weighted by Crippen LogP contribution is -2.55. The fourth-order valence-corrected chi connectivity index (χ4v) is 5.62. The average Bonchev–Trinajstić information content (AvgIpc) is 2.79. The Labute approximate surface area is 202 Å². The quantitative estimate of drug-likeness (QED) is 0.532. The molecule has 1 N–H and O–H groups in total. The molecule has 0 amide bonds. The van der Waals surface area contributed by atoms with Gasteiger partial charge in [-0.3, -0.25) is 4.79 Å². The Morgan fingerprint density at radius 3 is 2.47 bits per heavy atom. The van der Waals surface area contributed by atoms with Crippen LogP contribution in [0.3, 0.4) is 0 Å². The largest absolute Gasteiger partial charge is 0.298 e. The fraction of sp³-hybridized carbons (Fsp3) is 0.240. The van der Waals surface area contributed by atoms with E-state index in [1.807, 2.05) is 12.1 Å². The average molecular weight is 505 g/mol. The van der Waals surface area contributed by atoms with Crippen molar-refractivity contribution in [1.29, 1.82) is 0 Å². The second kappa shape index (κ2) is 9.54. The Morgan fingerprint density at radius 1 is 1.06 bits per heavy atom. The van der Waals surface area contributed by atoms with Gasteiger partial charge < -0.3 is 0 Å². The second-order valence-corrected chi connectivity index (χ2v) is 10.6. The summed E-state index contributed by atoms with van der Waals surface area (Å²) in [5, 5.41) is -0.0951. The molecular weight excluding hydrogens is 482 g/mol. The van der Waals surface area contributed by atoms with Crippen molar-refractivity contribution >= 4 is 27.6 Å². The number of hydrogen-bond acceptors (Lipinski definition) is 3. The number of carbonyl (C=O) groups excluding carboxylic acids is 1. The lowest BCUT2D eigenvalue weighted by molar-refractivity contribution is -0.122. The lowest BCUT2D eigenvalue weighted by atomic mass is 9.92. The number of hydrogen-bond donors (Lipinski definition) is 1. The highest BCUT2D eigenvalue weighted by Gasteiger charge is 2.40. The van der Waals surface area contributed by atoms with Crippen molar-refractivity contribution in [3.05, 3.63) is 94.0 Å². The molecule has 1 aliphatic rings. The Balaban J connectivity index is 1.61. The fourth-order valence-electron chi connectivity index (χ4n) is 4.12. The molecule has 1 aliphatic heterocycles. The van der Waals surface area contributed by atoms with Crippen LogP contribution in [0.5, 0.6) is 0 Å². The first-order valence-corrected chi connectivity index (χ1v) is 12.5. The maximum Gasteiger partial charge on any atom is 0.280 e. The molecule has 0 aliphatic carbocycles. The van der Waals surface area contributed by atoms with E-state index in [9.17, 15) is 22.0 Å². The van der Waals surface area contributed by atoms with Crippen molar-refractivity contribution < 1.29 is 22.0 Å². The van der Waals surface area contributed by atoms with Crippen molar-refractivity contribution in [1.82, 2.24) is 9.03 Å². The number of likely N-dealkylation sites (N-methyl/N-ethyl adjacent to an activating group) is 1. The first kappa shape index (κ1) is 24.5. The minimum Gasteiger partial charge on any atom is -0.298 e. The minimum absolute atomic E-state index is 0.0772. The maximum atomic E-state index is 13.7. The first-order valence-electron chi connectivity index (χ1n) is 10.6. The van der Waals surface area contributed by atoms with Gasteiger partial charge in [-0.1, -0.05) is 41.9 Å². The van der Waals surface area contributed by atoms with Crippen LogP contribution in [0.2, 0.25) is 5.02 Å². The van der Waals surface area contributed by atoms with E-state index in [1.54, 1.807) is 31.2 Å². The molecule has 1 fully saturated rings. The normalized spacial score (nSPS) is 20.3. The van der Waals surface area contributed by atoms with Gasteiger partial charge in [0.2, 0.25) is 0 Å². The molecule has 34 heavy (non-hydrogen) atoms. The number of Topliss-reactive ketones (excluding diaryl/α,β-unsaturated/α-hetero) is 1. The number of rotatable bonds is 5. The highest BCUT2D eigenvalue weighted by Crippen LogP contribution is 2.32. The van der Waals surface area contributed by atoms with Gasteiger partial charge in [0, 0.05) is 19.5 Å². The summed E-state index contributed by atoms with van der Waals surface area (Å²) in [6, 6.07) is 14.6. The molecule has 3 aromatic carbocycles. The van der Waals surface area contributed by atoms with E-state index in [0.717, 1.165) is 15.4 Å². The van der Waals surface area contributed by atoms with Gasteiger partial charge in [-0.05, 0) is 71.5 Å². The Hall–Kier alpha value is -2.65. The second-order valence-electron chi connectivity index (χ2n) is 8.42. The molecule has 2 atom stereocenters. The molecule has 0 bridgehead atoms. The summed E-state index contributed by atoms with van der Waals surface area (Å²) < 4.78 is 56.5. The maximum absolute atomic E-state index is 13.7. The molecule has 0 spiro atoms. The van der Waals surface area contributed by atoms with Gasteiger partial charge in [0.1, 0.15) is 11.6 Å². The topological polar surface area (TPSA) is 66.5 Å². The van der Waals surface area contributed by atoms with Crippen molar-refractivity contribution in [2.45, 2.75) is 31.8 Å². The van der Waals surface area contributed by atoms with Crippen molar-refractivity contribution in [3.63, 3.8) is 0 Å². The van der Waals surface area contributed by atoms with Gasteiger partial charge >= 0.3 is 0 Å². The molecule has 178 valence electrons. The smallest absolute Gasteiger partial charge is 0.280 e. The molecule has 3 aromatic rings. The zero-order valence-electron chi connectivity index (χ0n) is 18.6. The highest BCUT2D eigenvalue weighted by molar-refractivity contribution is 7.87. The van der Waals surface area contributed by atoms with Gasteiger partial charge in [0.05, 0.1) is 11.1 Å². The Kier molecular flexibility index (Phi) is 6.87. The summed E-state index contributed by atoms with van der Waals surface area (Å²) in [6.45, 7) is 1.68. The molecule has 0 unspecified atom stereocenters. The SMILES string of the molecule is Cc1cc(-c2cccc([C@H]3C[C@@H](C(=O)Cc4ccc(F)c(Cl)c4)N(C)S(=O)(=O)N3)c2)ccc1F. The molecule has 5 nitrogen and oxygen atoms in total. The van der Waals surface area contributed by atoms with E-state index in [-0.39, 0.29) is 29.5 Å². The minimum atomic E-state index is -3.92. The predicted octanol–water partition coefficient (Wildman–Crippen LogP) is 4.99. The summed E-state index contributed by atoms with van der Waals surface area (Å²) in [7, 11) is -2.57. The van der Waals surface area contributed by atoms with Crippen LogP contribution in [0, 0.1) is 18.6 Å². The molecule has 0 aromatic heterocycles. The monoisotopic (exact) mass is 504 g/mol. The summed E-state index contributed by atoms with van der Waals surface area (Å²) >= 11 is 5.82. The van der Waals surface area contributed by atoms with Crippen molar-refractivity contribution in [3.8, 4) is 11.1 Å². The van der Waals surface area contributed by atoms with Crippen LogP contribution in [0.4, 0.5) is 8.78 Å². The number of halogens is 3. The standard InChI is InChI=1S/C25H23ClF2N2O3S/c1-15-10-18(7-9-21(15)27)17-4-3-5-19(13-17)23-14-24(30(2)34(32,33)29-23)25(31)12-16-6-8-22(28)20(26)11-16/h3-11,13,23-24,29H,12,14H2,1-2H3/t23-,24+/m1/s1. The number of nitrogens with one attached hydrogen (secondary N) is 1. The molecule has 9 heteroatoms. The Morgan fingerprint density at radius 2 is 1.76 bits per heavy atom. The van der Waals surface area contributed by atoms with Gasteiger partial charge in [0.25, 0.3) is 10.2 Å². The van der Waals surface area contributed by atoms with E-state index >= 15 is 0 Å². The number of carbonyl (C=O) groups is 1. The molecule has 0 saturated carbocycles. The van der Waals surface area contributed by atoms with E-state index in [4.69, 9.17) is 11.6 Å². The summed E-state index contributed by atoms with van der Waals surface area (Å²) in [4.78, 5) is 13.1. The Bertz CT molecular complexity index is 1360. The lowest BCUT2D eigenvalue weighted by Gasteiger charge is -2.36. The van der Waals surface area contributed by atoms with Crippen LogP contribution >= 0.6 is 11.6 Å². The third kappa shape index (κ3) is 5.05. The number of benzene rings is 3. The molecule has 4 rings (SSSR count). The van der Waals surface area contributed by atoms with Crippen LogP contribution in [-0.2, 0) is 21.4 Å².